The summed E-state index contributed by atoms with van der Waals surface area (Å²) in [5.41, 5.74) is -0.807. The van der Waals surface area contributed by atoms with Crippen LogP contribution in [0.5, 0.6) is 11.5 Å². The number of anilines is 2. The maximum absolute atomic E-state index is 13.3. The molecule has 24 heteroatoms. The predicted octanol–water partition coefficient (Wildman–Crippen LogP) is 8.38. The molecule has 0 unspecified atom stereocenters. The van der Waals surface area contributed by atoms with Crippen molar-refractivity contribution in [1.29, 1.82) is 0 Å². The maximum Gasteiger partial charge on any atom is 0.328 e. The smallest absolute Gasteiger partial charge is 0.328 e. The fourth-order valence-electron chi connectivity index (χ4n) is 6.39. The summed E-state index contributed by atoms with van der Waals surface area (Å²) in [6.07, 6.45) is 4.48. The number of carbonyl (C=O) groups is 4. The molecule has 0 bridgehead atoms. The largest absolute Gasteiger partial charge is 0.505 e. The van der Waals surface area contributed by atoms with Gasteiger partial charge in [0.05, 0.1) is 11.4 Å². The number of amides is 2. The van der Waals surface area contributed by atoms with E-state index in [-0.39, 0.29) is 44.3 Å². The number of aromatic hydroxyl groups is 2. The molecule has 2 amide bonds. The number of nitrogens with one attached hydrogen (secondary N) is 2. The van der Waals surface area contributed by atoms with Gasteiger partial charge in [-0.1, -0.05) is 24.3 Å². The molecule has 8 N–H and O–H groups in total. The van der Waals surface area contributed by atoms with Crippen LogP contribution in [0, 0.1) is 0 Å². The number of azo groups is 2. The molecule has 0 radical (unpaired) electrons. The van der Waals surface area contributed by atoms with Gasteiger partial charge in [-0.2, -0.15) is 27.1 Å². The maximum atomic E-state index is 13.3. The minimum atomic E-state index is -5.05. The number of carboxylic acid groups (broad SMARTS) is 2. The van der Waals surface area contributed by atoms with Crippen molar-refractivity contribution in [3.05, 3.63) is 154 Å². The van der Waals surface area contributed by atoms with Gasteiger partial charge in [0.15, 0.2) is 28.4 Å². The third-order valence-corrected chi connectivity index (χ3v) is 11.3. The Balaban J connectivity index is 1.10. The molecule has 0 aliphatic rings. The average Bonchev–Trinajstić information content (AvgIpc) is 3.29. The Hall–Kier alpha value is -9.23. The van der Waals surface area contributed by atoms with Gasteiger partial charge in [0, 0.05) is 46.4 Å². The van der Waals surface area contributed by atoms with E-state index in [1.54, 1.807) is 0 Å². The molecular formula is C45H30N6O16S2. The van der Waals surface area contributed by atoms with Crippen LogP contribution in [-0.4, -0.2) is 70.1 Å². The first kappa shape index (κ1) is 47.7. The molecule has 0 saturated heterocycles. The van der Waals surface area contributed by atoms with Crippen LogP contribution in [0.2, 0.25) is 0 Å². The first-order chi connectivity index (χ1) is 32.6. The van der Waals surface area contributed by atoms with Crippen molar-refractivity contribution < 1.29 is 70.0 Å². The molecule has 69 heavy (non-hydrogen) atoms. The van der Waals surface area contributed by atoms with Crippen molar-refractivity contribution in [2.24, 2.45) is 20.5 Å². The van der Waals surface area contributed by atoms with Gasteiger partial charge in [0.2, 0.25) is 0 Å². The molecule has 0 saturated carbocycles. The minimum absolute atomic E-state index is 0.00554. The number of rotatable bonds is 14. The van der Waals surface area contributed by atoms with E-state index >= 15 is 0 Å². The van der Waals surface area contributed by atoms with Gasteiger partial charge >= 0.3 is 11.9 Å². The molecule has 0 spiro atoms. The number of carboxylic acids is 2. The quantitative estimate of drug-likeness (QED) is 0.0288. The van der Waals surface area contributed by atoms with Crippen molar-refractivity contribution in [3.8, 4) is 11.5 Å². The normalized spacial score (nSPS) is 12.1. The van der Waals surface area contributed by atoms with E-state index in [0.29, 0.717) is 11.1 Å². The zero-order valence-electron chi connectivity index (χ0n) is 34.6. The number of phenols is 2. The summed E-state index contributed by atoms with van der Waals surface area (Å²) >= 11 is 0. The molecule has 6 aromatic carbocycles. The summed E-state index contributed by atoms with van der Waals surface area (Å²) in [4.78, 5) is 59.2. The van der Waals surface area contributed by atoms with Crippen molar-refractivity contribution in [1.82, 2.24) is 0 Å². The molecule has 1 aromatic heterocycles. The van der Waals surface area contributed by atoms with E-state index in [0.717, 1.165) is 36.4 Å². The number of benzene rings is 6. The van der Waals surface area contributed by atoms with Crippen LogP contribution >= 0.6 is 0 Å². The first-order valence-corrected chi connectivity index (χ1v) is 22.2. The minimum Gasteiger partial charge on any atom is -0.505 e. The molecule has 0 fully saturated rings. The second-order valence-electron chi connectivity index (χ2n) is 14.3. The van der Waals surface area contributed by atoms with Crippen LogP contribution < -0.4 is 16.1 Å². The summed E-state index contributed by atoms with van der Waals surface area (Å²) < 4.78 is 75.2. The molecular weight excluding hydrogens is 945 g/mol. The van der Waals surface area contributed by atoms with E-state index in [1.807, 2.05) is 0 Å². The van der Waals surface area contributed by atoms with Gasteiger partial charge < -0.3 is 35.5 Å². The van der Waals surface area contributed by atoms with Crippen LogP contribution in [0.1, 0.15) is 32.2 Å². The number of hydrogen-bond acceptors (Lipinski definition) is 16. The highest BCUT2D eigenvalue weighted by Gasteiger charge is 2.25. The Morgan fingerprint density at radius 3 is 1.25 bits per heavy atom. The highest BCUT2D eigenvalue weighted by molar-refractivity contribution is 7.86. The Bertz CT molecular complexity index is 3460. The summed E-state index contributed by atoms with van der Waals surface area (Å²) in [7, 11) is -10.1. The zero-order chi connectivity index (χ0) is 49.8. The van der Waals surface area contributed by atoms with E-state index in [1.165, 1.54) is 97.1 Å². The van der Waals surface area contributed by atoms with Crippen LogP contribution in [0.3, 0.4) is 0 Å². The Labute approximate surface area is 387 Å². The van der Waals surface area contributed by atoms with Crippen LogP contribution in [0.4, 0.5) is 34.1 Å². The van der Waals surface area contributed by atoms with Gasteiger partial charge in [-0.15, -0.1) is 10.2 Å². The van der Waals surface area contributed by atoms with Crippen LogP contribution in [0.15, 0.2) is 161 Å². The van der Waals surface area contributed by atoms with Crippen molar-refractivity contribution in [3.63, 3.8) is 0 Å². The molecule has 0 atom stereocenters. The number of carbonyl (C=O) groups excluding carboxylic acids is 2. The molecule has 7 aromatic rings. The van der Waals surface area contributed by atoms with Crippen molar-refractivity contribution in [2.45, 2.75) is 9.79 Å². The summed E-state index contributed by atoms with van der Waals surface area (Å²) in [5.74, 6) is -7.20. The number of hydrogen-bond donors (Lipinski definition) is 8. The lowest BCUT2D eigenvalue weighted by Crippen LogP contribution is -2.19. The van der Waals surface area contributed by atoms with E-state index in [4.69, 9.17) is 14.6 Å². The van der Waals surface area contributed by atoms with Crippen molar-refractivity contribution >= 4 is 112 Å². The average molecular weight is 975 g/mol. The highest BCUT2D eigenvalue weighted by Crippen LogP contribution is 2.43. The molecule has 1 heterocycles. The molecule has 0 aliphatic carbocycles. The molecule has 348 valence electrons. The lowest BCUT2D eigenvalue weighted by molar-refractivity contribution is -0.132. The first-order valence-electron chi connectivity index (χ1n) is 19.3. The monoisotopic (exact) mass is 974 g/mol. The van der Waals surface area contributed by atoms with E-state index < -0.39 is 93.6 Å². The molecule has 7 rings (SSSR count). The number of aliphatic carboxylic acids is 2. The van der Waals surface area contributed by atoms with Crippen LogP contribution in [-0.2, 0) is 29.8 Å². The van der Waals surface area contributed by atoms with E-state index in [9.17, 15) is 60.1 Å². The lowest BCUT2D eigenvalue weighted by Gasteiger charge is -2.12. The Morgan fingerprint density at radius 1 is 0.522 bits per heavy atom. The number of fused-ring (bicyclic) bond motifs is 2. The third-order valence-electron chi connectivity index (χ3n) is 9.54. The van der Waals surface area contributed by atoms with Gasteiger partial charge in [0.1, 0.15) is 21.2 Å². The second kappa shape index (κ2) is 19.3. The lowest BCUT2D eigenvalue weighted by atomic mass is 10.1. The van der Waals surface area contributed by atoms with Gasteiger partial charge in [0.25, 0.3) is 32.1 Å². The second-order valence-corrected chi connectivity index (χ2v) is 17.1. The van der Waals surface area contributed by atoms with Crippen LogP contribution in [0.25, 0.3) is 33.7 Å². The SMILES string of the molecule is O=C(O)/C=C/c1ccc(N=Nc2c(S(=O)(=O)O)cc3cc(NC(=O)c4cc(=O)cc(C(=O)Nc5ccc6c(O)c(N=Nc7ccc(/C=C/C(=O)O)cc7)c(S(=O)(=O)O)cc6c5)o4)ccc3c2O)cc1. The standard InChI is InChI=1S/C45H30N6O16S2/c52-31-21-34(44(59)46-29-11-13-32-25(17-29)19-36(68(61,62)63)40(42(32)57)50-48-27-7-1-23(2-8-27)5-15-38(53)54)67-35(22-31)45(60)47-30-12-14-33-26(18-30)20-37(69(64,65)66)41(43(33)58)51-49-28-9-3-24(4-10-28)6-16-39(55)56/h1-22,57-58H,(H,46,59)(H,47,60)(H,53,54)(H,55,56)(H,61,62,63)(H,64,65,66)/b15-5+,16-6+,50-48?,51-49?. The topological polar surface area (TPSA) is 362 Å². The third kappa shape index (κ3) is 11.4. The zero-order valence-corrected chi connectivity index (χ0v) is 36.2. The fraction of sp³-hybridized carbons (Fsp3) is 0. The summed E-state index contributed by atoms with van der Waals surface area (Å²) in [6.45, 7) is 0. The van der Waals surface area contributed by atoms with E-state index in [2.05, 4.69) is 31.1 Å². The van der Waals surface area contributed by atoms with Gasteiger partial charge in [-0.25, -0.2) is 9.59 Å². The molecule has 22 nitrogen and oxygen atoms in total. The highest BCUT2D eigenvalue weighted by atomic mass is 32.2. The van der Waals surface area contributed by atoms with Gasteiger partial charge in [-0.3, -0.25) is 23.5 Å². The number of nitrogens with zero attached hydrogens (tertiary/aromatic N) is 4. The summed E-state index contributed by atoms with van der Waals surface area (Å²) in [5, 5.41) is 60.1. The number of phenolic OH excluding ortho intramolecular Hbond substituents is 2. The molecule has 0 aliphatic heterocycles. The summed E-state index contributed by atoms with van der Waals surface area (Å²) in [6, 6.07) is 22.7. The van der Waals surface area contributed by atoms with Crippen molar-refractivity contribution in [2.75, 3.05) is 10.6 Å². The van der Waals surface area contributed by atoms with Gasteiger partial charge in [-0.05, 0) is 107 Å². The fourth-order valence-corrected chi connectivity index (χ4v) is 7.70. The predicted molar refractivity (Wildman–Crippen MR) is 246 cm³/mol. The Kier molecular flexibility index (Phi) is 13.4. The Morgan fingerprint density at radius 2 is 0.899 bits per heavy atom.